The smallest absolute Gasteiger partial charge is 0.417 e. The van der Waals surface area contributed by atoms with Crippen molar-refractivity contribution < 1.29 is 22.4 Å². The second kappa shape index (κ2) is 6.26. The molecule has 0 atom stereocenters. The molecule has 8 heteroatoms. The second-order valence-electron chi connectivity index (χ2n) is 5.82. The summed E-state index contributed by atoms with van der Waals surface area (Å²) in [5, 5.41) is 6.56. The molecule has 5 nitrogen and oxygen atoms in total. The number of hydrogen-bond donors (Lipinski definition) is 0. The number of benzene rings is 1. The Balaban J connectivity index is 1.65. The van der Waals surface area contributed by atoms with Crippen LogP contribution in [0.4, 0.5) is 13.2 Å². The molecule has 0 saturated carbocycles. The van der Waals surface area contributed by atoms with Crippen LogP contribution in [-0.4, -0.2) is 34.1 Å². The van der Waals surface area contributed by atoms with Crippen LogP contribution in [0.1, 0.15) is 46.5 Å². The Bertz CT molecular complexity index is 734. The molecule has 0 spiro atoms. The maximum atomic E-state index is 12.5. The van der Waals surface area contributed by atoms with Crippen LogP contribution in [0.25, 0.3) is 0 Å². The highest BCUT2D eigenvalue weighted by molar-refractivity contribution is 5.95. The van der Waals surface area contributed by atoms with Crippen LogP contribution >= 0.6 is 0 Å². The van der Waals surface area contributed by atoms with Crippen LogP contribution in [0.15, 0.2) is 28.7 Å². The average Bonchev–Trinajstić information content (AvgIpc) is 3.05. The lowest BCUT2D eigenvalue weighted by Gasteiger charge is -2.30. The number of rotatable bonds is 2. The normalized spacial score (nSPS) is 16.4. The van der Waals surface area contributed by atoms with Gasteiger partial charge in [0.05, 0.1) is 0 Å². The molecule has 0 aliphatic carbocycles. The minimum atomic E-state index is -4.63. The van der Waals surface area contributed by atoms with Crippen LogP contribution < -0.4 is 0 Å². The number of amides is 1. The van der Waals surface area contributed by atoms with Crippen molar-refractivity contribution in [1.82, 2.24) is 15.1 Å². The summed E-state index contributed by atoms with van der Waals surface area (Å²) in [5.41, 5.74) is 1.55. The van der Waals surface area contributed by atoms with Gasteiger partial charge in [0.2, 0.25) is 5.89 Å². The molecule has 1 aliphatic rings. The highest BCUT2D eigenvalue weighted by Crippen LogP contribution is 2.32. The van der Waals surface area contributed by atoms with Crippen molar-refractivity contribution in [1.29, 1.82) is 0 Å². The van der Waals surface area contributed by atoms with Gasteiger partial charge in [0, 0.05) is 24.6 Å². The number of carbonyl (C=O) groups excluding carboxylic acids is 1. The van der Waals surface area contributed by atoms with Crippen molar-refractivity contribution in [2.45, 2.75) is 31.9 Å². The van der Waals surface area contributed by atoms with Gasteiger partial charge in [-0.3, -0.25) is 4.79 Å². The van der Waals surface area contributed by atoms with Crippen LogP contribution in [-0.2, 0) is 6.18 Å². The molecule has 0 unspecified atom stereocenters. The molecule has 1 saturated heterocycles. The topological polar surface area (TPSA) is 59.2 Å². The summed E-state index contributed by atoms with van der Waals surface area (Å²) in [5.74, 6) is -1.65. The van der Waals surface area contributed by atoms with Crippen molar-refractivity contribution in [3.8, 4) is 0 Å². The van der Waals surface area contributed by atoms with E-state index in [2.05, 4.69) is 10.2 Å². The molecule has 24 heavy (non-hydrogen) atoms. The molecule has 1 fully saturated rings. The SMILES string of the molecule is Cc1ccccc1C(=O)N1CCC(c2nnc(C(F)(F)F)o2)CC1. The van der Waals surface area contributed by atoms with Gasteiger partial charge in [-0.05, 0) is 31.4 Å². The number of carbonyl (C=O) groups is 1. The van der Waals surface area contributed by atoms with Crippen LogP contribution in [0.5, 0.6) is 0 Å². The first-order chi connectivity index (χ1) is 11.4. The standard InChI is InChI=1S/C16H16F3N3O2/c1-10-4-2-3-5-12(10)14(23)22-8-6-11(7-9-22)13-20-21-15(24-13)16(17,18)19/h2-5,11H,6-9H2,1H3. The molecule has 128 valence electrons. The molecule has 2 aromatic rings. The van der Waals surface area contributed by atoms with E-state index in [-0.39, 0.29) is 17.7 Å². The number of hydrogen-bond acceptors (Lipinski definition) is 4. The number of piperidine rings is 1. The van der Waals surface area contributed by atoms with Crippen LogP contribution in [0, 0.1) is 6.92 Å². The Hall–Kier alpha value is -2.38. The first-order valence-electron chi connectivity index (χ1n) is 7.62. The zero-order valence-electron chi connectivity index (χ0n) is 13.0. The Morgan fingerprint density at radius 1 is 1.21 bits per heavy atom. The summed E-state index contributed by atoms with van der Waals surface area (Å²) in [6.07, 6.45) is -3.64. The van der Waals surface area contributed by atoms with Crippen molar-refractivity contribution >= 4 is 5.91 Å². The van der Waals surface area contributed by atoms with Crippen molar-refractivity contribution in [3.05, 3.63) is 47.2 Å². The van der Waals surface area contributed by atoms with E-state index in [1.807, 2.05) is 25.1 Å². The molecule has 1 aromatic heterocycles. The number of likely N-dealkylation sites (tertiary alicyclic amines) is 1. The Morgan fingerprint density at radius 3 is 2.46 bits per heavy atom. The summed E-state index contributed by atoms with van der Waals surface area (Å²) in [4.78, 5) is 14.2. The minimum absolute atomic E-state index is 0.00897. The lowest BCUT2D eigenvalue weighted by atomic mass is 9.96. The monoisotopic (exact) mass is 339 g/mol. The summed E-state index contributed by atoms with van der Waals surface area (Å²) >= 11 is 0. The van der Waals surface area contributed by atoms with Gasteiger partial charge < -0.3 is 9.32 Å². The van der Waals surface area contributed by atoms with E-state index in [4.69, 9.17) is 4.42 Å². The van der Waals surface area contributed by atoms with E-state index in [0.717, 1.165) is 5.56 Å². The molecule has 0 radical (unpaired) electrons. The van der Waals surface area contributed by atoms with Crippen molar-refractivity contribution in [2.75, 3.05) is 13.1 Å². The maximum Gasteiger partial charge on any atom is 0.470 e. The molecule has 1 amide bonds. The number of nitrogens with zero attached hydrogens (tertiary/aromatic N) is 3. The first kappa shape index (κ1) is 16.5. The molecule has 1 aliphatic heterocycles. The van der Waals surface area contributed by atoms with Gasteiger partial charge in [0.25, 0.3) is 5.91 Å². The number of aryl methyl sites for hydroxylation is 1. The van der Waals surface area contributed by atoms with Crippen LogP contribution in [0.2, 0.25) is 0 Å². The molecule has 0 bridgehead atoms. The molecular formula is C16H16F3N3O2. The number of aromatic nitrogens is 2. The van der Waals surface area contributed by atoms with Gasteiger partial charge in [-0.2, -0.15) is 13.2 Å². The molecule has 2 heterocycles. The van der Waals surface area contributed by atoms with E-state index < -0.39 is 12.1 Å². The third-order valence-corrected chi connectivity index (χ3v) is 4.19. The van der Waals surface area contributed by atoms with Gasteiger partial charge in [-0.25, -0.2) is 0 Å². The van der Waals surface area contributed by atoms with Crippen molar-refractivity contribution in [3.63, 3.8) is 0 Å². The maximum absolute atomic E-state index is 12.5. The Morgan fingerprint density at radius 2 is 1.88 bits per heavy atom. The molecular weight excluding hydrogens is 323 g/mol. The fraction of sp³-hybridized carbons (Fsp3) is 0.438. The summed E-state index contributed by atoms with van der Waals surface area (Å²) in [6, 6.07) is 7.32. The third-order valence-electron chi connectivity index (χ3n) is 4.19. The van der Waals surface area contributed by atoms with E-state index in [1.165, 1.54) is 0 Å². The molecule has 0 N–H and O–H groups in total. The van der Waals surface area contributed by atoms with Gasteiger partial charge >= 0.3 is 12.1 Å². The Kier molecular flexibility index (Phi) is 4.29. The second-order valence-corrected chi connectivity index (χ2v) is 5.82. The van der Waals surface area contributed by atoms with Gasteiger partial charge in [-0.15, -0.1) is 10.2 Å². The van der Waals surface area contributed by atoms with Crippen LogP contribution in [0.3, 0.4) is 0 Å². The fourth-order valence-corrected chi connectivity index (χ4v) is 2.83. The summed E-state index contributed by atoms with van der Waals surface area (Å²) in [6.45, 7) is 2.76. The van der Waals surface area contributed by atoms with Gasteiger partial charge in [0.15, 0.2) is 0 Å². The van der Waals surface area contributed by atoms with Gasteiger partial charge in [-0.1, -0.05) is 18.2 Å². The minimum Gasteiger partial charge on any atom is -0.417 e. The van der Waals surface area contributed by atoms with E-state index in [0.29, 0.717) is 31.5 Å². The lowest BCUT2D eigenvalue weighted by molar-refractivity contribution is -0.157. The highest BCUT2D eigenvalue weighted by atomic mass is 19.4. The highest BCUT2D eigenvalue weighted by Gasteiger charge is 2.39. The summed E-state index contributed by atoms with van der Waals surface area (Å²) < 4.78 is 42.3. The zero-order chi connectivity index (χ0) is 17.3. The van der Waals surface area contributed by atoms with E-state index >= 15 is 0 Å². The average molecular weight is 339 g/mol. The largest absolute Gasteiger partial charge is 0.470 e. The lowest BCUT2D eigenvalue weighted by Crippen LogP contribution is -2.38. The first-order valence-corrected chi connectivity index (χ1v) is 7.62. The van der Waals surface area contributed by atoms with Gasteiger partial charge in [0.1, 0.15) is 0 Å². The predicted molar refractivity (Wildman–Crippen MR) is 78.4 cm³/mol. The van der Waals surface area contributed by atoms with Crippen molar-refractivity contribution in [2.24, 2.45) is 0 Å². The molecule has 1 aromatic carbocycles. The Labute approximate surface area is 136 Å². The zero-order valence-corrected chi connectivity index (χ0v) is 13.0. The molecule has 3 rings (SSSR count). The third kappa shape index (κ3) is 3.27. The van der Waals surface area contributed by atoms with E-state index in [1.54, 1.807) is 11.0 Å². The summed E-state index contributed by atoms with van der Waals surface area (Å²) in [7, 11) is 0. The quantitative estimate of drug-likeness (QED) is 0.841. The fourth-order valence-electron chi connectivity index (χ4n) is 2.83. The number of alkyl halides is 3. The predicted octanol–water partition coefficient (Wildman–Crippen LogP) is 3.42. The van der Waals surface area contributed by atoms with E-state index in [9.17, 15) is 18.0 Å². The number of halogens is 3.